The first-order valence-corrected chi connectivity index (χ1v) is 4.53. The van der Waals surface area contributed by atoms with Gasteiger partial charge in [0.25, 0.3) is 0 Å². The van der Waals surface area contributed by atoms with Gasteiger partial charge < -0.3 is 22.0 Å². The van der Waals surface area contributed by atoms with Gasteiger partial charge in [0, 0.05) is 11.3 Å². The van der Waals surface area contributed by atoms with Crippen LogP contribution in [0.1, 0.15) is 0 Å². The minimum absolute atomic E-state index is 0.122. The van der Waals surface area contributed by atoms with Crippen molar-refractivity contribution < 1.29 is 4.74 Å². The lowest BCUT2D eigenvalue weighted by Gasteiger charge is -2.07. The summed E-state index contributed by atoms with van der Waals surface area (Å²) < 4.78 is 6.26. The second-order valence-corrected chi connectivity index (χ2v) is 3.20. The molecule has 1 heterocycles. The van der Waals surface area contributed by atoms with Gasteiger partial charge in [-0.2, -0.15) is 0 Å². The number of ether oxygens (including phenoxy) is 1. The van der Waals surface area contributed by atoms with Crippen molar-refractivity contribution in [1.29, 1.82) is 0 Å². The second kappa shape index (κ2) is 3.61. The van der Waals surface area contributed by atoms with Crippen molar-refractivity contribution in [2.75, 3.05) is 24.4 Å². The lowest BCUT2D eigenvalue weighted by molar-refractivity contribution is 0.415. The fourth-order valence-electron chi connectivity index (χ4n) is 1.34. The van der Waals surface area contributed by atoms with E-state index < -0.39 is 0 Å². The van der Waals surface area contributed by atoms with Gasteiger partial charge in [-0.1, -0.05) is 0 Å². The van der Waals surface area contributed by atoms with Crippen molar-refractivity contribution in [2.45, 2.75) is 0 Å². The van der Waals surface area contributed by atoms with E-state index in [4.69, 9.17) is 22.0 Å². The molecule has 1 aromatic heterocycles. The SMILES string of the molecule is COc1ccc(N)c(-c2nnc(N)n2N)c1. The van der Waals surface area contributed by atoms with Gasteiger partial charge in [0.1, 0.15) is 5.75 Å². The molecule has 7 nitrogen and oxygen atoms in total. The number of nitrogens with zero attached hydrogens (tertiary/aromatic N) is 3. The number of rotatable bonds is 2. The third kappa shape index (κ3) is 1.48. The van der Waals surface area contributed by atoms with Crippen LogP contribution in [0, 0.1) is 0 Å². The predicted molar refractivity (Wildman–Crippen MR) is 61.0 cm³/mol. The highest BCUT2D eigenvalue weighted by Crippen LogP contribution is 2.28. The molecule has 7 heteroatoms. The fourth-order valence-corrected chi connectivity index (χ4v) is 1.34. The molecular weight excluding hydrogens is 208 g/mol. The van der Waals surface area contributed by atoms with E-state index in [1.54, 1.807) is 25.3 Å². The Morgan fingerprint density at radius 1 is 1.25 bits per heavy atom. The maximum absolute atomic E-state index is 5.82. The topological polar surface area (TPSA) is 118 Å². The Labute approximate surface area is 91.8 Å². The Hall–Kier alpha value is -2.44. The van der Waals surface area contributed by atoms with Gasteiger partial charge in [-0.05, 0) is 18.2 Å². The molecule has 2 aromatic rings. The molecule has 84 valence electrons. The minimum Gasteiger partial charge on any atom is -0.497 e. The van der Waals surface area contributed by atoms with Crippen LogP contribution in [-0.2, 0) is 0 Å². The molecule has 0 fully saturated rings. The summed E-state index contributed by atoms with van der Waals surface area (Å²) in [6, 6.07) is 5.18. The lowest BCUT2D eigenvalue weighted by atomic mass is 10.1. The summed E-state index contributed by atoms with van der Waals surface area (Å²) in [4.78, 5) is 0. The van der Waals surface area contributed by atoms with Gasteiger partial charge in [0.05, 0.1) is 7.11 Å². The Bertz CT molecular complexity index is 521. The molecule has 0 saturated heterocycles. The van der Waals surface area contributed by atoms with E-state index in [9.17, 15) is 0 Å². The first-order valence-electron chi connectivity index (χ1n) is 4.53. The third-order valence-electron chi connectivity index (χ3n) is 2.22. The van der Waals surface area contributed by atoms with Gasteiger partial charge in [0.2, 0.25) is 5.95 Å². The summed E-state index contributed by atoms with van der Waals surface area (Å²) in [5.74, 6) is 6.84. The van der Waals surface area contributed by atoms with Crippen molar-refractivity contribution in [1.82, 2.24) is 14.9 Å². The number of benzene rings is 1. The Kier molecular flexibility index (Phi) is 2.28. The highest BCUT2D eigenvalue weighted by molar-refractivity contribution is 5.73. The summed E-state index contributed by atoms with van der Waals surface area (Å²) >= 11 is 0. The monoisotopic (exact) mass is 220 g/mol. The number of nitrogens with two attached hydrogens (primary N) is 3. The molecule has 2 rings (SSSR count). The van der Waals surface area contributed by atoms with Crippen molar-refractivity contribution in [3.05, 3.63) is 18.2 Å². The maximum atomic E-state index is 5.82. The minimum atomic E-state index is 0.122. The van der Waals surface area contributed by atoms with E-state index in [1.807, 2.05) is 0 Å². The third-order valence-corrected chi connectivity index (χ3v) is 2.22. The normalized spacial score (nSPS) is 10.3. The van der Waals surface area contributed by atoms with Crippen LogP contribution in [0.4, 0.5) is 11.6 Å². The average molecular weight is 220 g/mol. The van der Waals surface area contributed by atoms with Gasteiger partial charge >= 0.3 is 0 Å². The smallest absolute Gasteiger partial charge is 0.241 e. The maximum Gasteiger partial charge on any atom is 0.241 e. The molecule has 0 spiro atoms. The zero-order valence-electron chi connectivity index (χ0n) is 8.71. The number of hydrogen-bond acceptors (Lipinski definition) is 6. The summed E-state index contributed by atoms with van der Waals surface area (Å²) in [6.45, 7) is 0. The molecule has 0 aliphatic carbocycles. The standard InChI is InChI=1S/C9H12N6O/c1-16-5-2-3-7(10)6(4-5)8-13-14-9(11)15(8)12/h2-4H,10,12H2,1H3,(H2,11,14). The average Bonchev–Trinajstić information content (AvgIpc) is 2.61. The van der Waals surface area contributed by atoms with E-state index in [0.29, 0.717) is 22.8 Å². The van der Waals surface area contributed by atoms with Crippen LogP contribution < -0.4 is 22.0 Å². The number of anilines is 2. The summed E-state index contributed by atoms with van der Waals surface area (Å²) in [5, 5.41) is 7.51. The Balaban J connectivity index is 2.59. The molecule has 0 bridgehead atoms. The molecule has 0 aliphatic rings. The van der Waals surface area contributed by atoms with Crippen molar-refractivity contribution >= 4 is 11.6 Å². The summed E-state index contributed by atoms with van der Waals surface area (Å²) in [7, 11) is 1.57. The number of methoxy groups -OCH3 is 1. The van der Waals surface area contributed by atoms with Gasteiger partial charge in [-0.3, -0.25) is 0 Å². The second-order valence-electron chi connectivity index (χ2n) is 3.20. The quantitative estimate of drug-likeness (QED) is 0.477. The van der Waals surface area contributed by atoms with Crippen LogP contribution in [-0.4, -0.2) is 22.0 Å². The van der Waals surface area contributed by atoms with Gasteiger partial charge in [-0.15, -0.1) is 10.2 Å². The molecule has 0 atom stereocenters. The number of aromatic nitrogens is 3. The Morgan fingerprint density at radius 2 is 2.00 bits per heavy atom. The zero-order valence-corrected chi connectivity index (χ0v) is 8.71. The van der Waals surface area contributed by atoms with Gasteiger partial charge in [-0.25, -0.2) is 4.68 Å². The molecule has 0 aliphatic heterocycles. The van der Waals surface area contributed by atoms with E-state index in [0.717, 1.165) is 0 Å². The van der Waals surface area contributed by atoms with E-state index >= 15 is 0 Å². The molecule has 1 aromatic carbocycles. The van der Waals surface area contributed by atoms with Crippen LogP contribution in [0.5, 0.6) is 5.75 Å². The highest BCUT2D eigenvalue weighted by Gasteiger charge is 2.12. The van der Waals surface area contributed by atoms with Crippen molar-refractivity contribution in [2.24, 2.45) is 0 Å². The van der Waals surface area contributed by atoms with Crippen LogP contribution in [0.25, 0.3) is 11.4 Å². The molecule has 0 radical (unpaired) electrons. The van der Waals surface area contributed by atoms with Crippen molar-refractivity contribution in [3.63, 3.8) is 0 Å². The van der Waals surface area contributed by atoms with Crippen LogP contribution in [0.3, 0.4) is 0 Å². The fraction of sp³-hybridized carbons (Fsp3) is 0.111. The van der Waals surface area contributed by atoms with Crippen molar-refractivity contribution in [3.8, 4) is 17.1 Å². The lowest BCUT2D eigenvalue weighted by Crippen LogP contribution is -2.13. The molecule has 0 amide bonds. The summed E-state index contributed by atoms with van der Waals surface area (Å²) in [5.41, 5.74) is 12.5. The number of hydrogen-bond donors (Lipinski definition) is 3. The molecule has 6 N–H and O–H groups in total. The molecule has 0 saturated carbocycles. The van der Waals surface area contributed by atoms with E-state index in [2.05, 4.69) is 10.2 Å². The molecular formula is C9H12N6O. The van der Waals surface area contributed by atoms with E-state index in [-0.39, 0.29) is 5.95 Å². The van der Waals surface area contributed by atoms with Crippen LogP contribution in [0.2, 0.25) is 0 Å². The zero-order chi connectivity index (χ0) is 11.7. The largest absolute Gasteiger partial charge is 0.497 e. The predicted octanol–water partition coefficient (Wildman–Crippen LogP) is -0.168. The Morgan fingerprint density at radius 3 is 2.56 bits per heavy atom. The first kappa shape index (κ1) is 10.1. The summed E-state index contributed by atoms with van der Waals surface area (Å²) in [6.07, 6.45) is 0. The van der Waals surface area contributed by atoms with Crippen LogP contribution >= 0.6 is 0 Å². The number of nitrogen functional groups attached to an aromatic ring is 3. The first-order chi connectivity index (χ1) is 7.63. The molecule has 0 unspecified atom stereocenters. The van der Waals surface area contributed by atoms with E-state index in [1.165, 1.54) is 4.68 Å². The highest BCUT2D eigenvalue weighted by atomic mass is 16.5. The van der Waals surface area contributed by atoms with Crippen LogP contribution in [0.15, 0.2) is 18.2 Å². The molecule has 16 heavy (non-hydrogen) atoms. The van der Waals surface area contributed by atoms with Gasteiger partial charge in [0.15, 0.2) is 5.82 Å².